The monoisotopic (exact) mass is 571 g/mol. The van der Waals surface area contributed by atoms with Gasteiger partial charge in [0.05, 0.1) is 6.20 Å². The number of anilines is 2. The van der Waals surface area contributed by atoms with Gasteiger partial charge in [-0.2, -0.15) is 22.0 Å². The number of aromatic nitrogens is 2. The van der Waals surface area contributed by atoms with Crippen molar-refractivity contribution in [1.29, 1.82) is 5.26 Å². The number of para-hydroxylation sites is 1. The van der Waals surface area contributed by atoms with Crippen LogP contribution in [0.4, 0.5) is 24.9 Å². The van der Waals surface area contributed by atoms with Crippen LogP contribution in [0.15, 0.2) is 30.5 Å². The Morgan fingerprint density at radius 1 is 1.05 bits per heavy atom. The normalized spacial score (nSPS) is 29.6. The summed E-state index contributed by atoms with van der Waals surface area (Å²) >= 11 is 2.32. The number of halogens is 3. The molecule has 1 aromatic heterocycles. The molecule has 5 fully saturated rings. The van der Waals surface area contributed by atoms with Crippen molar-refractivity contribution in [2.24, 2.45) is 23.2 Å². The van der Waals surface area contributed by atoms with Crippen molar-refractivity contribution in [2.45, 2.75) is 87.6 Å². The van der Waals surface area contributed by atoms with Gasteiger partial charge in [0.1, 0.15) is 23.2 Å². The average Bonchev–Trinajstić information content (AvgIpc) is 2.93. The zero-order chi connectivity index (χ0) is 27.7. The maximum Gasteiger partial charge on any atom is 0.573 e. The molecule has 214 valence electrons. The molecule has 5 aliphatic carbocycles. The van der Waals surface area contributed by atoms with E-state index in [1.807, 2.05) is 0 Å². The fraction of sp³-hybridized carbons (Fsp3) is 0.633. The molecule has 2 aromatic rings. The van der Waals surface area contributed by atoms with Gasteiger partial charge in [-0.1, -0.05) is 37.5 Å². The standard InChI is InChI=1S/C30H36F3N5OS/c31-30(32,33)39-25-9-5-4-6-20(25)16-35-28-36-17-23(15-34)27(38-28)37-18-29-12-19-10-21(13-29)26(22(11-19)14-29)40-24-7-2-1-3-8-24/h4-6,9,17,19,21-22,24,26H,1-3,7-8,10-14,16,18H2,(H2,35,36,37,38). The highest BCUT2D eigenvalue weighted by Crippen LogP contribution is 2.63. The highest BCUT2D eigenvalue weighted by atomic mass is 32.2. The number of hydrogen-bond acceptors (Lipinski definition) is 7. The quantitative estimate of drug-likeness (QED) is 0.322. The first kappa shape index (κ1) is 27.5. The van der Waals surface area contributed by atoms with Crippen molar-refractivity contribution in [3.63, 3.8) is 0 Å². The summed E-state index contributed by atoms with van der Waals surface area (Å²) < 4.78 is 42.5. The van der Waals surface area contributed by atoms with Gasteiger partial charge in [-0.3, -0.25) is 0 Å². The number of rotatable bonds is 9. The number of thioether (sulfide) groups is 1. The smallest absolute Gasteiger partial charge is 0.405 e. The van der Waals surface area contributed by atoms with Crippen LogP contribution in [0.3, 0.4) is 0 Å². The van der Waals surface area contributed by atoms with Crippen molar-refractivity contribution in [3.05, 3.63) is 41.6 Å². The summed E-state index contributed by atoms with van der Waals surface area (Å²) in [6, 6.07) is 8.16. The van der Waals surface area contributed by atoms with Gasteiger partial charge in [0.25, 0.3) is 0 Å². The molecule has 0 aliphatic heterocycles. The first-order chi connectivity index (χ1) is 19.3. The fourth-order valence-electron chi connectivity index (χ4n) is 8.01. The van der Waals surface area contributed by atoms with E-state index in [2.05, 4.69) is 43.2 Å². The summed E-state index contributed by atoms with van der Waals surface area (Å²) in [5, 5.41) is 17.9. The lowest BCUT2D eigenvalue weighted by Crippen LogP contribution is -2.55. The van der Waals surface area contributed by atoms with Crippen molar-refractivity contribution in [2.75, 3.05) is 17.2 Å². The van der Waals surface area contributed by atoms with Crippen LogP contribution in [0, 0.1) is 34.5 Å². The number of nitrogens with zero attached hydrogens (tertiary/aromatic N) is 3. The van der Waals surface area contributed by atoms with Crippen LogP contribution < -0.4 is 15.4 Å². The number of ether oxygens (including phenoxy) is 1. The van der Waals surface area contributed by atoms with Gasteiger partial charge in [0.15, 0.2) is 0 Å². The predicted octanol–water partition coefficient (Wildman–Crippen LogP) is 7.53. The third-order valence-corrected chi connectivity index (χ3v) is 11.3. The maximum absolute atomic E-state index is 12.8. The Labute approximate surface area is 237 Å². The van der Waals surface area contributed by atoms with Gasteiger partial charge >= 0.3 is 6.36 Å². The SMILES string of the molecule is N#Cc1cnc(NCc2ccccc2OC(F)(F)F)nc1NCC12CC3CC(C1)C(SC1CCCCC1)C(C3)C2. The van der Waals surface area contributed by atoms with Crippen LogP contribution in [0.2, 0.25) is 0 Å². The van der Waals surface area contributed by atoms with Crippen molar-refractivity contribution < 1.29 is 17.9 Å². The Morgan fingerprint density at radius 3 is 2.52 bits per heavy atom. The molecule has 6 nitrogen and oxygen atoms in total. The highest BCUT2D eigenvalue weighted by molar-refractivity contribution is 8.00. The second-order valence-electron chi connectivity index (χ2n) is 12.3. The summed E-state index contributed by atoms with van der Waals surface area (Å²) in [5.74, 6) is 2.84. The summed E-state index contributed by atoms with van der Waals surface area (Å²) in [6.45, 7) is 0.831. The summed E-state index contributed by atoms with van der Waals surface area (Å²) in [4.78, 5) is 8.77. The van der Waals surface area contributed by atoms with E-state index in [0.29, 0.717) is 16.9 Å². The van der Waals surface area contributed by atoms with Gasteiger partial charge in [-0.05, 0) is 74.2 Å². The molecule has 0 radical (unpaired) electrons. The van der Waals surface area contributed by atoms with Crippen molar-refractivity contribution >= 4 is 23.5 Å². The van der Waals surface area contributed by atoms with Crippen LogP contribution >= 0.6 is 11.8 Å². The van der Waals surface area contributed by atoms with E-state index in [9.17, 15) is 18.4 Å². The largest absolute Gasteiger partial charge is 0.573 e. The molecule has 2 unspecified atom stereocenters. The number of alkyl halides is 3. The molecule has 5 aliphatic rings. The van der Waals surface area contributed by atoms with Gasteiger partial charge in [0, 0.05) is 29.2 Å². The average molecular weight is 572 g/mol. The van der Waals surface area contributed by atoms with Crippen LogP contribution in [0.1, 0.15) is 75.3 Å². The molecule has 2 atom stereocenters. The van der Waals surface area contributed by atoms with Crippen LogP contribution in [0.5, 0.6) is 5.75 Å². The maximum atomic E-state index is 12.8. The summed E-state index contributed by atoms with van der Waals surface area (Å²) in [7, 11) is 0. The molecule has 1 heterocycles. The third-order valence-electron chi connectivity index (χ3n) is 9.39. The topological polar surface area (TPSA) is 82.9 Å². The molecule has 0 amide bonds. The van der Waals surface area contributed by atoms with E-state index in [1.165, 1.54) is 82.5 Å². The Kier molecular flexibility index (Phi) is 7.77. The molecule has 0 spiro atoms. The lowest BCUT2D eigenvalue weighted by molar-refractivity contribution is -0.274. The summed E-state index contributed by atoms with van der Waals surface area (Å²) in [5.41, 5.74) is 0.928. The van der Waals surface area contributed by atoms with Crippen LogP contribution in [-0.2, 0) is 6.54 Å². The highest BCUT2D eigenvalue weighted by Gasteiger charge is 2.55. The molecule has 0 saturated heterocycles. The molecule has 2 N–H and O–H groups in total. The Bertz CT molecular complexity index is 1230. The first-order valence-corrected chi connectivity index (χ1v) is 15.5. The van der Waals surface area contributed by atoms with Gasteiger partial charge < -0.3 is 15.4 Å². The van der Waals surface area contributed by atoms with Crippen LogP contribution in [0.25, 0.3) is 0 Å². The van der Waals surface area contributed by atoms with Gasteiger partial charge in [-0.15, -0.1) is 13.2 Å². The van der Waals surface area contributed by atoms with Crippen LogP contribution in [-0.4, -0.2) is 33.4 Å². The molecule has 40 heavy (non-hydrogen) atoms. The second-order valence-corrected chi connectivity index (χ2v) is 13.7. The minimum Gasteiger partial charge on any atom is -0.405 e. The molecule has 1 aromatic carbocycles. The Morgan fingerprint density at radius 2 is 1.80 bits per heavy atom. The van der Waals surface area contributed by atoms with E-state index >= 15 is 0 Å². The first-order valence-electron chi connectivity index (χ1n) is 14.5. The lowest BCUT2D eigenvalue weighted by Gasteiger charge is -2.60. The number of hydrogen-bond donors (Lipinski definition) is 2. The van der Waals surface area contributed by atoms with Gasteiger partial charge in [0.2, 0.25) is 5.95 Å². The third kappa shape index (κ3) is 6.14. The number of benzene rings is 1. The van der Waals surface area contributed by atoms with E-state index in [1.54, 1.807) is 12.1 Å². The van der Waals surface area contributed by atoms with E-state index < -0.39 is 6.36 Å². The minimum atomic E-state index is -4.77. The van der Waals surface area contributed by atoms with E-state index in [4.69, 9.17) is 0 Å². The zero-order valence-corrected chi connectivity index (χ0v) is 23.4. The molecule has 5 saturated carbocycles. The molecule has 7 rings (SSSR count). The number of nitrogens with one attached hydrogen (secondary N) is 2. The Balaban J connectivity index is 1.11. The summed E-state index contributed by atoms with van der Waals surface area (Å²) in [6.07, 6.45) is 10.1. The second kappa shape index (κ2) is 11.3. The molecular formula is C30H36F3N5OS. The predicted molar refractivity (Wildman–Crippen MR) is 150 cm³/mol. The van der Waals surface area contributed by atoms with E-state index in [0.717, 1.165) is 34.8 Å². The van der Waals surface area contributed by atoms with Crippen molar-refractivity contribution in [1.82, 2.24) is 9.97 Å². The van der Waals surface area contributed by atoms with E-state index in [-0.39, 0.29) is 23.7 Å². The minimum absolute atomic E-state index is 0.0482. The molecule has 4 bridgehead atoms. The lowest BCUT2D eigenvalue weighted by atomic mass is 9.49. The number of nitriles is 1. The Hall–Kier alpha value is -2.67. The molecule has 10 heteroatoms. The van der Waals surface area contributed by atoms with Gasteiger partial charge in [-0.25, -0.2) is 4.98 Å². The fourth-order valence-corrected chi connectivity index (χ4v) is 9.92. The molecular weight excluding hydrogens is 535 g/mol. The zero-order valence-electron chi connectivity index (χ0n) is 22.6. The van der Waals surface area contributed by atoms with Crippen molar-refractivity contribution in [3.8, 4) is 11.8 Å².